The van der Waals surface area contributed by atoms with Crippen LogP contribution in [0, 0.1) is 5.92 Å². The molecule has 0 radical (unpaired) electrons. The van der Waals surface area contributed by atoms with E-state index >= 15 is 0 Å². The van der Waals surface area contributed by atoms with Crippen molar-refractivity contribution in [1.29, 1.82) is 0 Å². The zero-order valence-electron chi connectivity index (χ0n) is 11.1. The van der Waals surface area contributed by atoms with Gasteiger partial charge in [-0.1, -0.05) is 19.0 Å². The minimum atomic E-state index is 0.308. The molecule has 0 aromatic carbocycles. The highest BCUT2D eigenvalue weighted by molar-refractivity contribution is 5.19. The van der Waals surface area contributed by atoms with E-state index in [1.807, 2.05) is 0 Å². The van der Waals surface area contributed by atoms with E-state index in [2.05, 4.69) is 48.3 Å². The largest absolute Gasteiger partial charge is 0.336 e. The molecule has 5 nitrogen and oxygen atoms in total. The van der Waals surface area contributed by atoms with Crippen molar-refractivity contribution in [1.82, 2.24) is 15.0 Å². The lowest BCUT2D eigenvalue weighted by atomic mass is 10.1. The summed E-state index contributed by atoms with van der Waals surface area (Å²) in [4.78, 5) is 6.58. The molecule has 0 amide bonds. The maximum Gasteiger partial charge on any atom is 0.321 e. The first-order valence-electron chi connectivity index (χ1n) is 6.32. The Kier molecular flexibility index (Phi) is 3.66. The molecular formula is C12H22N4O. The minimum Gasteiger partial charge on any atom is -0.336 e. The molecule has 1 unspecified atom stereocenters. The lowest BCUT2D eigenvalue weighted by molar-refractivity contribution is 0.274. The van der Waals surface area contributed by atoms with Gasteiger partial charge in [-0.2, -0.15) is 4.98 Å². The average molecular weight is 238 g/mol. The standard InChI is InChI=1S/C12H22N4O/c1-8(2)11-14-12(17-15-11)13-7-10(16(3)4)9-5-6-9/h8-10H,5-7H2,1-4H3,(H,13,14,15). The normalized spacial score (nSPS) is 17.8. The summed E-state index contributed by atoms with van der Waals surface area (Å²) >= 11 is 0. The van der Waals surface area contributed by atoms with Crippen molar-refractivity contribution in [3.8, 4) is 0 Å². The Morgan fingerprint density at radius 1 is 1.41 bits per heavy atom. The smallest absolute Gasteiger partial charge is 0.321 e. The van der Waals surface area contributed by atoms with Gasteiger partial charge in [0.25, 0.3) is 0 Å². The highest BCUT2D eigenvalue weighted by Crippen LogP contribution is 2.34. The summed E-state index contributed by atoms with van der Waals surface area (Å²) < 4.78 is 5.17. The fraction of sp³-hybridized carbons (Fsp3) is 0.833. The van der Waals surface area contributed by atoms with E-state index in [4.69, 9.17) is 4.52 Å². The third-order valence-electron chi connectivity index (χ3n) is 3.25. The summed E-state index contributed by atoms with van der Waals surface area (Å²) in [5.41, 5.74) is 0. The highest BCUT2D eigenvalue weighted by Gasteiger charge is 2.32. The van der Waals surface area contributed by atoms with E-state index in [9.17, 15) is 0 Å². The van der Waals surface area contributed by atoms with Gasteiger partial charge in [0, 0.05) is 18.5 Å². The molecule has 1 saturated carbocycles. The zero-order chi connectivity index (χ0) is 12.4. The minimum absolute atomic E-state index is 0.308. The summed E-state index contributed by atoms with van der Waals surface area (Å²) in [5, 5.41) is 7.18. The zero-order valence-corrected chi connectivity index (χ0v) is 11.1. The molecular weight excluding hydrogens is 216 g/mol. The lowest BCUT2D eigenvalue weighted by Crippen LogP contribution is -2.36. The predicted molar refractivity (Wildman–Crippen MR) is 67.1 cm³/mol. The molecule has 17 heavy (non-hydrogen) atoms. The van der Waals surface area contributed by atoms with Crippen LogP contribution in [0.1, 0.15) is 38.4 Å². The molecule has 1 atom stereocenters. The van der Waals surface area contributed by atoms with Crippen molar-refractivity contribution >= 4 is 6.01 Å². The van der Waals surface area contributed by atoms with Gasteiger partial charge in [-0.05, 0) is 32.9 Å². The maximum atomic E-state index is 5.17. The van der Waals surface area contributed by atoms with Gasteiger partial charge in [-0.15, -0.1) is 0 Å². The molecule has 5 heteroatoms. The fourth-order valence-electron chi connectivity index (χ4n) is 1.98. The van der Waals surface area contributed by atoms with E-state index in [1.54, 1.807) is 0 Å². The van der Waals surface area contributed by atoms with Gasteiger partial charge in [0.1, 0.15) is 0 Å². The monoisotopic (exact) mass is 238 g/mol. The molecule has 1 N–H and O–H groups in total. The summed E-state index contributed by atoms with van der Waals surface area (Å²) in [6, 6.07) is 1.10. The second kappa shape index (κ2) is 5.04. The first-order valence-corrected chi connectivity index (χ1v) is 6.32. The van der Waals surface area contributed by atoms with Crippen LogP contribution in [0.3, 0.4) is 0 Å². The van der Waals surface area contributed by atoms with Gasteiger partial charge in [0.2, 0.25) is 0 Å². The number of nitrogens with zero attached hydrogens (tertiary/aromatic N) is 3. The first-order chi connectivity index (χ1) is 8.08. The predicted octanol–water partition coefficient (Wildman–Crippen LogP) is 1.95. The third kappa shape index (κ3) is 3.19. The van der Waals surface area contributed by atoms with E-state index in [-0.39, 0.29) is 0 Å². The fourth-order valence-corrected chi connectivity index (χ4v) is 1.98. The number of rotatable bonds is 6. The van der Waals surface area contributed by atoms with Crippen molar-refractivity contribution in [3.05, 3.63) is 5.82 Å². The summed E-state index contributed by atoms with van der Waals surface area (Å²) in [6.45, 7) is 4.99. The van der Waals surface area contributed by atoms with Crippen LogP contribution in [0.5, 0.6) is 0 Å². The number of hydrogen-bond acceptors (Lipinski definition) is 5. The lowest BCUT2D eigenvalue weighted by Gasteiger charge is -2.23. The maximum absolute atomic E-state index is 5.17. The van der Waals surface area contributed by atoms with Crippen molar-refractivity contribution in [2.24, 2.45) is 5.92 Å². The summed E-state index contributed by atoms with van der Waals surface area (Å²) in [6.07, 6.45) is 2.68. The Balaban J connectivity index is 1.87. The molecule has 1 fully saturated rings. The van der Waals surface area contributed by atoms with Crippen molar-refractivity contribution < 1.29 is 4.52 Å². The van der Waals surface area contributed by atoms with Gasteiger partial charge in [0.15, 0.2) is 5.82 Å². The molecule has 1 heterocycles. The van der Waals surface area contributed by atoms with Crippen molar-refractivity contribution in [3.63, 3.8) is 0 Å². The number of nitrogens with one attached hydrogen (secondary N) is 1. The molecule has 0 aliphatic heterocycles. The van der Waals surface area contributed by atoms with Crippen LogP contribution >= 0.6 is 0 Å². The van der Waals surface area contributed by atoms with Gasteiger partial charge >= 0.3 is 6.01 Å². The van der Waals surface area contributed by atoms with Gasteiger partial charge < -0.3 is 14.7 Å². The van der Waals surface area contributed by atoms with Gasteiger partial charge in [-0.3, -0.25) is 0 Å². The van der Waals surface area contributed by atoms with E-state index in [1.165, 1.54) is 12.8 Å². The SMILES string of the molecule is CC(C)c1noc(NCC(C2CC2)N(C)C)n1. The van der Waals surface area contributed by atoms with Crippen LogP contribution < -0.4 is 5.32 Å². The van der Waals surface area contributed by atoms with Crippen LogP contribution in [-0.2, 0) is 0 Å². The summed E-state index contributed by atoms with van der Waals surface area (Å²) in [7, 11) is 4.25. The highest BCUT2D eigenvalue weighted by atomic mass is 16.5. The van der Waals surface area contributed by atoms with Crippen molar-refractivity contribution in [2.75, 3.05) is 26.0 Å². The van der Waals surface area contributed by atoms with Crippen LogP contribution in [0.2, 0.25) is 0 Å². The second-order valence-electron chi connectivity index (χ2n) is 5.36. The Labute approximate surface area is 103 Å². The first kappa shape index (κ1) is 12.4. The molecule has 2 rings (SSSR count). The number of likely N-dealkylation sites (N-methyl/N-ethyl adjacent to an activating group) is 1. The van der Waals surface area contributed by atoms with Crippen LogP contribution in [-0.4, -0.2) is 41.7 Å². The topological polar surface area (TPSA) is 54.2 Å². The molecule has 1 aliphatic rings. The molecule has 0 saturated heterocycles. The third-order valence-corrected chi connectivity index (χ3v) is 3.25. The molecule has 0 spiro atoms. The Morgan fingerprint density at radius 2 is 2.12 bits per heavy atom. The van der Waals surface area contributed by atoms with Gasteiger partial charge in [0.05, 0.1) is 0 Å². The van der Waals surface area contributed by atoms with Crippen LogP contribution in [0.4, 0.5) is 6.01 Å². The molecule has 96 valence electrons. The quantitative estimate of drug-likeness (QED) is 0.821. The number of anilines is 1. The van der Waals surface area contributed by atoms with Crippen LogP contribution in [0.25, 0.3) is 0 Å². The molecule has 1 aromatic heterocycles. The van der Waals surface area contributed by atoms with Crippen LogP contribution in [0.15, 0.2) is 4.52 Å². The van der Waals surface area contributed by atoms with Crippen molar-refractivity contribution in [2.45, 2.75) is 38.6 Å². The Bertz CT molecular complexity index is 355. The second-order valence-corrected chi connectivity index (χ2v) is 5.36. The van der Waals surface area contributed by atoms with E-state index in [0.29, 0.717) is 18.0 Å². The molecule has 0 bridgehead atoms. The number of hydrogen-bond donors (Lipinski definition) is 1. The average Bonchev–Trinajstić information content (AvgIpc) is 2.95. The molecule has 1 aliphatic carbocycles. The van der Waals surface area contributed by atoms with E-state index < -0.39 is 0 Å². The van der Waals surface area contributed by atoms with Gasteiger partial charge in [-0.25, -0.2) is 0 Å². The molecule has 1 aromatic rings. The van der Waals surface area contributed by atoms with E-state index in [0.717, 1.165) is 18.3 Å². The Morgan fingerprint density at radius 3 is 2.59 bits per heavy atom. The number of aromatic nitrogens is 2. The summed E-state index contributed by atoms with van der Waals surface area (Å²) in [5.74, 6) is 1.90. The Hall–Kier alpha value is -1.10.